The normalized spacial score (nSPS) is 11.9. The Hall–Kier alpha value is -6.64. The van der Waals surface area contributed by atoms with Gasteiger partial charge in [-0.1, -0.05) is 121 Å². The van der Waals surface area contributed by atoms with E-state index < -0.39 is 0 Å². The molecule has 0 aliphatic carbocycles. The minimum Gasteiger partial charge on any atom is -0.310 e. The molecule has 2 heteroatoms. The zero-order chi connectivity index (χ0) is 33.0. The van der Waals surface area contributed by atoms with Crippen molar-refractivity contribution in [1.82, 2.24) is 4.57 Å². The highest BCUT2D eigenvalue weighted by Crippen LogP contribution is 2.40. The molecule has 0 aliphatic rings. The summed E-state index contributed by atoms with van der Waals surface area (Å²) in [7, 11) is 0. The molecular formula is C48H32N2. The molecule has 0 aliphatic heterocycles. The second-order valence-corrected chi connectivity index (χ2v) is 13.1. The van der Waals surface area contributed by atoms with E-state index in [0.29, 0.717) is 0 Å². The fourth-order valence-corrected chi connectivity index (χ4v) is 7.69. The van der Waals surface area contributed by atoms with E-state index in [9.17, 15) is 0 Å². The number of nitrogens with zero attached hydrogens (tertiary/aromatic N) is 2. The van der Waals surface area contributed by atoms with Crippen molar-refractivity contribution in [3.05, 3.63) is 193 Å². The Labute approximate surface area is 290 Å². The van der Waals surface area contributed by atoms with E-state index in [4.69, 9.17) is 0 Å². The average Bonchev–Trinajstić information content (AvgIpc) is 3.52. The van der Waals surface area contributed by atoms with Crippen molar-refractivity contribution in [3.8, 4) is 5.69 Å². The van der Waals surface area contributed by atoms with Crippen LogP contribution in [0.5, 0.6) is 0 Å². The largest absolute Gasteiger partial charge is 0.310 e. The second-order valence-electron chi connectivity index (χ2n) is 13.1. The van der Waals surface area contributed by atoms with Crippen LogP contribution >= 0.6 is 0 Å². The highest BCUT2D eigenvalue weighted by Gasteiger charge is 2.17. The molecule has 0 atom stereocenters. The van der Waals surface area contributed by atoms with Gasteiger partial charge in [0, 0.05) is 33.5 Å². The third-order valence-electron chi connectivity index (χ3n) is 10.0. The Balaban J connectivity index is 1.03. The lowest BCUT2D eigenvalue weighted by molar-refractivity contribution is 1.18. The Bertz CT molecular complexity index is 2860. The molecule has 0 bridgehead atoms. The monoisotopic (exact) mass is 636 g/mol. The highest BCUT2D eigenvalue weighted by atomic mass is 15.1. The number of hydrogen-bond donors (Lipinski definition) is 0. The first-order valence-electron chi connectivity index (χ1n) is 17.2. The fourth-order valence-electron chi connectivity index (χ4n) is 7.69. The molecule has 50 heavy (non-hydrogen) atoms. The van der Waals surface area contributed by atoms with Crippen LogP contribution in [0.15, 0.2) is 182 Å². The van der Waals surface area contributed by atoms with Crippen LogP contribution in [-0.4, -0.2) is 4.57 Å². The molecule has 10 aromatic rings. The Morgan fingerprint density at radius 3 is 1.72 bits per heavy atom. The summed E-state index contributed by atoms with van der Waals surface area (Å²) in [5.41, 5.74) is 9.43. The van der Waals surface area contributed by atoms with Crippen LogP contribution in [0.25, 0.3) is 72.0 Å². The highest BCUT2D eigenvalue weighted by molar-refractivity contribution is 6.24. The molecule has 0 radical (unpaired) electrons. The number of benzene rings is 9. The van der Waals surface area contributed by atoms with Crippen molar-refractivity contribution in [2.24, 2.45) is 0 Å². The quantitative estimate of drug-likeness (QED) is 0.130. The lowest BCUT2D eigenvalue weighted by atomic mass is 9.99. The summed E-state index contributed by atoms with van der Waals surface area (Å²) in [4.78, 5) is 2.34. The Kier molecular flexibility index (Phi) is 6.53. The van der Waals surface area contributed by atoms with E-state index in [1.807, 2.05) is 0 Å². The molecular weight excluding hydrogens is 605 g/mol. The van der Waals surface area contributed by atoms with E-state index >= 15 is 0 Å². The van der Waals surface area contributed by atoms with E-state index in [2.05, 4.69) is 204 Å². The molecule has 0 amide bonds. The third-order valence-corrected chi connectivity index (χ3v) is 10.0. The minimum absolute atomic E-state index is 1.13. The smallest absolute Gasteiger partial charge is 0.0553 e. The summed E-state index contributed by atoms with van der Waals surface area (Å²) in [6, 6.07) is 65.9. The molecule has 1 heterocycles. The van der Waals surface area contributed by atoms with E-state index in [1.165, 1.54) is 70.9 Å². The zero-order valence-electron chi connectivity index (χ0n) is 27.4. The number of para-hydroxylation sites is 2. The third kappa shape index (κ3) is 4.73. The fraction of sp³-hybridized carbons (Fsp3) is 0. The average molecular weight is 637 g/mol. The van der Waals surface area contributed by atoms with Crippen molar-refractivity contribution >= 4 is 83.3 Å². The van der Waals surface area contributed by atoms with Crippen LogP contribution in [0.4, 0.5) is 17.1 Å². The maximum absolute atomic E-state index is 2.41. The van der Waals surface area contributed by atoms with Crippen molar-refractivity contribution in [1.29, 1.82) is 0 Å². The first-order chi connectivity index (χ1) is 24.8. The molecule has 234 valence electrons. The second kappa shape index (κ2) is 11.5. The number of anilines is 3. The van der Waals surface area contributed by atoms with Gasteiger partial charge in [0.05, 0.1) is 11.0 Å². The lowest BCUT2D eigenvalue weighted by Crippen LogP contribution is -2.09. The van der Waals surface area contributed by atoms with Crippen molar-refractivity contribution in [2.75, 3.05) is 4.90 Å². The van der Waals surface area contributed by atoms with Crippen LogP contribution in [0.3, 0.4) is 0 Å². The Morgan fingerprint density at radius 2 is 0.900 bits per heavy atom. The van der Waals surface area contributed by atoms with Gasteiger partial charge >= 0.3 is 0 Å². The standard InChI is InChI=1S/C48H32N2/c1-3-13-41(14-4-1)49(43-26-24-35-10-7-8-11-37(35)31-43)44-27-25-38-28-33(20-21-39(38)32-44)18-19-34-29-40-23-22-36-12-9-17-45-47(36)48(40)46(30-34)50(45)42-15-5-2-6-16-42/h1-32H/b19-18+. The molecule has 0 fully saturated rings. The van der Waals surface area contributed by atoms with Gasteiger partial charge in [-0.3, -0.25) is 0 Å². The van der Waals surface area contributed by atoms with Crippen LogP contribution in [0.1, 0.15) is 11.1 Å². The number of rotatable bonds is 6. The molecule has 2 nitrogen and oxygen atoms in total. The molecule has 0 unspecified atom stereocenters. The van der Waals surface area contributed by atoms with Crippen LogP contribution in [0.2, 0.25) is 0 Å². The summed E-state index contributed by atoms with van der Waals surface area (Å²) >= 11 is 0. The zero-order valence-corrected chi connectivity index (χ0v) is 27.4. The van der Waals surface area contributed by atoms with E-state index in [1.54, 1.807) is 0 Å². The van der Waals surface area contributed by atoms with Crippen LogP contribution in [0, 0.1) is 0 Å². The summed E-state index contributed by atoms with van der Waals surface area (Å²) in [5, 5.41) is 10.1. The van der Waals surface area contributed by atoms with Gasteiger partial charge in [0.15, 0.2) is 0 Å². The first-order valence-corrected chi connectivity index (χ1v) is 17.2. The number of hydrogen-bond acceptors (Lipinski definition) is 1. The molecule has 0 spiro atoms. The van der Waals surface area contributed by atoms with E-state index in [-0.39, 0.29) is 0 Å². The first kappa shape index (κ1) is 28.4. The van der Waals surface area contributed by atoms with Gasteiger partial charge in [0.2, 0.25) is 0 Å². The maximum Gasteiger partial charge on any atom is 0.0553 e. The van der Waals surface area contributed by atoms with Gasteiger partial charge in [-0.2, -0.15) is 0 Å². The minimum atomic E-state index is 1.13. The summed E-state index contributed by atoms with van der Waals surface area (Å²) in [6.07, 6.45) is 4.48. The van der Waals surface area contributed by atoms with Gasteiger partial charge in [-0.25, -0.2) is 0 Å². The summed E-state index contributed by atoms with van der Waals surface area (Å²) in [5.74, 6) is 0. The van der Waals surface area contributed by atoms with E-state index in [0.717, 1.165) is 17.1 Å². The van der Waals surface area contributed by atoms with Crippen molar-refractivity contribution in [2.45, 2.75) is 0 Å². The molecule has 1 aromatic heterocycles. The van der Waals surface area contributed by atoms with Crippen molar-refractivity contribution < 1.29 is 0 Å². The van der Waals surface area contributed by atoms with Gasteiger partial charge < -0.3 is 9.47 Å². The summed E-state index contributed by atoms with van der Waals surface area (Å²) < 4.78 is 2.41. The van der Waals surface area contributed by atoms with Crippen LogP contribution in [-0.2, 0) is 0 Å². The molecule has 10 rings (SSSR count). The van der Waals surface area contributed by atoms with Crippen molar-refractivity contribution in [3.63, 3.8) is 0 Å². The maximum atomic E-state index is 2.41. The number of fused-ring (bicyclic) bond motifs is 2. The van der Waals surface area contributed by atoms with Gasteiger partial charge in [-0.15, -0.1) is 0 Å². The topological polar surface area (TPSA) is 8.17 Å². The molecule has 0 saturated heterocycles. The molecule has 0 N–H and O–H groups in total. The predicted octanol–water partition coefficient (Wildman–Crippen LogP) is 13.3. The van der Waals surface area contributed by atoms with Gasteiger partial charge in [0.1, 0.15) is 0 Å². The lowest BCUT2D eigenvalue weighted by Gasteiger charge is -2.26. The summed E-state index contributed by atoms with van der Waals surface area (Å²) in [6.45, 7) is 0. The molecule has 0 saturated carbocycles. The number of aromatic nitrogens is 1. The predicted molar refractivity (Wildman–Crippen MR) is 215 cm³/mol. The van der Waals surface area contributed by atoms with Gasteiger partial charge in [0.25, 0.3) is 0 Å². The Morgan fingerprint density at radius 1 is 0.340 bits per heavy atom. The SMILES string of the molecule is C(=C\c1cc2ccc3cccc4c3c2c(c1)n4-c1ccccc1)/c1ccc2cc(N(c3ccccc3)c3ccc4ccccc4c3)ccc2c1. The van der Waals surface area contributed by atoms with Gasteiger partial charge in [-0.05, 0) is 116 Å². The van der Waals surface area contributed by atoms with Crippen LogP contribution < -0.4 is 4.90 Å². The molecule has 9 aromatic carbocycles.